The lowest BCUT2D eigenvalue weighted by Crippen LogP contribution is -2.35. The molecular formula is C34H44N2O4. The summed E-state index contributed by atoms with van der Waals surface area (Å²) in [5, 5.41) is 14.1. The topological polar surface area (TPSA) is 88.5 Å². The molecule has 0 bridgehead atoms. The maximum absolute atomic E-state index is 13.3. The maximum Gasteiger partial charge on any atom is 0.303 e. The standard InChI is InChI=1S/C34H44N2O4/c1-33(2,3)25-13-16-26(17-14-25)40-27-15-12-24-20-29(32(39)35-22-34(4,5)19-18-30(37)38)36-31(28(24)21-27)23-10-8-6-7-9-11-23/h12-17,20-21,23H,6-11,18-19,22H2,1-5H3,(H,35,39)(H,37,38). The highest BCUT2D eigenvalue weighted by atomic mass is 16.5. The van der Waals surface area contributed by atoms with Crippen molar-refractivity contribution in [2.24, 2.45) is 5.41 Å². The number of carbonyl (C=O) groups excluding carboxylic acids is 1. The number of nitrogens with zero attached hydrogens (tertiary/aromatic N) is 1. The number of amides is 1. The van der Waals surface area contributed by atoms with E-state index in [2.05, 4.69) is 44.3 Å². The number of carboxylic acid groups (broad SMARTS) is 1. The van der Waals surface area contributed by atoms with Crippen molar-refractivity contribution < 1.29 is 19.4 Å². The van der Waals surface area contributed by atoms with Gasteiger partial charge in [-0.1, -0.05) is 78.5 Å². The molecule has 40 heavy (non-hydrogen) atoms. The molecule has 0 unspecified atom stereocenters. The number of nitrogens with one attached hydrogen (secondary N) is 1. The molecule has 4 rings (SSSR count). The fraction of sp³-hybridized carbons (Fsp3) is 0.500. The Morgan fingerprint density at radius 2 is 1.57 bits per heavy atom. The van der Waals surface area contributed by atoms with E-state index in [0.29, 0.717) is 24.6 Å². The molecule has 0 spiro atoms. The van der Waals surface area contributed by atoms with Crippen molar-refractivity contribution in [2.45, 2.75) is 97.3 Å². The average molecular weight is 545 g/mol. The van der Waals surface area contributed by atoms with Gasteiger partial charge in [0, 0.05) is 24.3 Å². The molecule has 1 saturated carbocycles. The van der Waals surface area contributed by atoms with Gasteiger partial charge in [0.2, 0.25) is 0 Å². The molecular weight excluding hydrogens is 500 g/mol. The summed E-state index contributed by atoms with van der Waals surface area (Å²) in [6.07, 6.45) is 7.49. The summed E-state index contributed by atoms with van der Waals surface area (Å²) < 4.78 is 6.27. The van der Waals surface area contributed by atoms with E-state index in [1.165, 1.54) is 31.2 Å². The zero-order valence-corrected chi connectivity index (χ0v) is 24.7. The lowest BCUT2D eigenvalue weighted by molar-refractivity contribution is -0.137. The molecule has 1 aliphatic rings. The van der Waals surface area contributed by atoms with E-state index >= 15 is 0 Å². The van der Waals surface area contributed by atoms with Gasteiger partial charge in [-0.05, 0) is 71.4 Å². The van der Waals surface area contributed by atoms with Crippen LogP contribution in [0.5, 0.6) is 11.5 Å². The minimum absolute atomic E-state index is 0.0774. The zero-order valence-electron chi connectivity index (χ0n) is 24.7. The lowest BCUT2D eigenvalue weighted by Gasteiger charge is -2.24. The third-order valence-electron chi connectivity index (χ3n) is 8.01. The van der Waals surface area contributed by atoms with Crippen molar-refractivity contribution in [3.05, 3.63) is 65.5 Å². The van der Waals surface area contributed by atoms with Crippen LogP contribution in [-0.4, -0.2) is 28.5 Å². The van der Waals surface area contributed by atoms with Crippen LogP contribution in [0.3, 0.4) is 0 Å². The Labute approximate surface area is 238 Å². The summed E-state index contributed by atoms with van der Waals surface area (Å²) in [4.78, 5) is 29.2. The van der Waals surface area contributed by atoms with Crippen LogP contribution in [-0.2, 0) is 10.2 Å². The fourth-order valence-corrected chi connectivity index (χ4v) is 5.40. The normalized spacial score (nSPS) is 15.0. The summed E-state index contributed by atoms with van der Waals surface area (Å²) in [5.74, 6) is 0.794. The van der Waals surface area contributed by atoms with E-state index in [9.17, 15) is 9.59 Å². The molecule has 6 heteroatoms. The fourth-order valence-electron chi connectivity index (χ4n) is 5.40. The van der Waals surface area contributed by atoms with Crippen molar-refractivity contribution in [2.75, 3.05) is 6.54 Å². The summed E-state index contributed by atoms with van der Waals surface area (Å²) in [7, 11) is 0. The molecule has 1 aromatic heterocycles. The van der Waals surface area contributed by atoms with Gasteiger partial charge in [0.15, 0.2) is 0 Å². The van der Waals surface area contributed by atoms with E-state index in [0.717, 1.165) is 40.8 Å². The summed E-state index contributed by atoms with van der Waals surface area (Å²) in [5.41, 5.74) is 2.40. The van der Waals surface area contributed by atoms with E-state index in [-0.39, 0.29) is 23.2 Å². The minimum Gasteiger partial charge on any atom is -0.481 e. The molecule has 2 aromatic carbocycles. The van der Waals surface area contributed by atoms with E-state index in [1.54, 1.807) is 0 Å². The van der Waals surface area contributed by atoms with Crippen LogP contribution >= 0.6 is 0 Å². The number of fused-ring (bicyclic) bond motifs is 1. The van der Waals surface area contributed by atoms with Gasteiger partial charge in [0.05, 0.1) is 5.69 Å². The number of ether oxygens (including phenoxy) is 1. The molecule has 0 aliphatic heterocycles. The number of aromatic nitrogens is 1. The number of aliphatic carboxylic acids is 1. The van der Waals surface area contributed by atoms with E-state index in [1.807, 2.05) is 44.2 Å². The Kier molecular flexibility index (Phi) is 9.17. The highest BCUT2D eigenvalue weighted by Crippen LogP contribution is 2.37. The van der Waals surface area contributed by atoms with Gasteiger partial charge in [-0.3, -0.25) is 9.59 Å². The quantitative estimate of drug-likeness (QED) is 0.264. The molecule has 1 aliphatic carbocycles. The number of carbonyl (C=O) groups is 2. The first-order valence-electron chi connectivity index (χ1n) is 14.6. The predicted octanol–water partition coefficient (Wildman–Crippen LogP) is 8.38. The molecule has 0 radical (unpaired) electrons. The van der Waals surface area contributed by atoms with Gasteiger partial charge in [-0.2, -0.15) is 0 Å². The Hall–Kier alpha value is -3.41. The van der Waals surface area contributed by atoms with Crippen LogP contribution in [0.1, 0.15) is 114 Å². The third-order valence-corrected chi connectivity index (χ3v) is 8.01. The minimum atomic E-state index is -0.825. The van der Waals surface area contributed by atoms with Gasteiger partial charge in [-0.25, -0.2) is 4.98 Å². The Morgan fingerprint density at radius 3 is 2.20 bits per heavy atom. The summed E-state index contributed by atoms with van der Waals surface area (Å²) >= 11 is 0. The smallest absolute Gasteiger partial charge is 0.303 e. The largest absolute Gasteiger partial charge is 0.481 e. The first kappa shape index (κ1) is 29.6. The lowest BCUT2D eigenvalue weighted by atomic mass is 9.87. The molecule has 0 atom stereocenters. The van der Waals surface area contributed by atoms with Gasteiger partial charge < -0.3 is 15.2 Å². The van der Waals surface area contributed by atoms with Gasteiger partial charge in [0.25, 0.3) is 5.91 Å². The molecule has 3 aromatic rings. The van der Waals surface area contributed by atoms with Crippen LogP contribution in [0.2, 0.25) is 0 Å². The third kappa shape index (κ3) is 7.83. The second-order valence-electron chi connectivity index (χ2n) is 13.1. The molecule has 1 amide bonds. The van der Waals surface area contributed by atoms with Gasteiger partial charge in [0.1, 0.15) is 17.2 Å². The Bertz CT molecular complexity index is 1330. The van der Waals surface area contributed by atoms with E-state index < -0.39 is 5.97 Å². The molecule has 214 valence electrons. The number of pyridine rings is 1. The van der Waals surface area contributed by atoms with Crippen LogP contribution in [0.25, 0.3) is 10.8 Å². The first-order chi connectivity index (χ1) is 18.9. The first-order valence-corrected chi connectivity index (χ1v) is 14.6. The average Bonchev–Trinajstić information content (AvgIpc) is 3.19. The van der Waals surface area contributed by atoms with Crippen molar-refractivity contribution in [1.82, 2.24) is 10.3 Å². The number of carboxylic acids is 1. The van der Waals surface area contributed by atoms with Crippen LogP contribution in [0.15, 0.2) is 48.5 Å². The Balaban J connectivity index is 1.62. The monoisotopic (exact) mass is 544 g/mol. The van der Waals surface area contributed by atoms with Crippen molar-refractivity contribution in [3.63, 3.8) is 0 Å². The number of benzene rings is 2. The predicted molar refractivity (Wildman–Crippen MR) is 160 cm³/mol. The van der Waals surface area contributed by atoms with Gasteiger partial charge in [-0.15, -0.1) is 0 Å². The Morgan fingerprint density at radius 1 is 0.925 bits per heavy atom. The zero-order chi connectivity index (χ0) is 28.9. The number of rotatable bonds is 9. The highest BCUT2D eigenvalue weighted by molar-refractivity contribution is 5.97. The molecule has 2 N–H and O–H groups in total. The maximum atomic E-state index is 13.3. The number of hydrogen-bond acceptors (Lipinski definition) is 4. The SMILES string of the molecule is CC(C)(CCC(=O)O)CNC(=O)c1cc2ccc(Oc3ccc(C(C)(C)C)cc3)cc2c(C2CCCCCC2)n1. The van der Waals surface area contributed by atoms with Crippen molar-refractivity contribution >= 4 is 22.6 Å². The molecule has 1 fully saturated rings. The van der Waals surface area contributed by atoms with Crippen LogP contribution in [0.4, 0.5) is 0 Å². The second kappa shape index (κ2) is 12.4. The van der Waals surface area contributed by atoms with Crippen LogP contribution < -0.4 is 10.1 Å². The number of hydrogen-bond donors (Lipinski definition) is 2. The molecule has 0 saturated heterocycles. The summed E-state index contributed by atoms with van der Waals surface area (Å²) in [6, 6.07) is 16.2. The van der Waals surface area contributed by atoms with Crippen molar-refractivity contribution in [3.8, 4) is 11.5 Å². The second-order valence-corrected chi connectivity index (χ2v) is 13.1. The molecule has 1 heterocycles. The van der Waals surface area contributed by atoms with Gasteiger partial charge >= 0.3 is 5.97 Å². The highest BCUT2D eigenvalue weighted by Gasteiger charge is 2.24. The van der Waals surface area contributed by atoms with Crippen LogP contribution in [0, 0.1) is 5.41 Å². The van der Waals surface area contributed by atoms with Crippen molar-refractivity contribution in [1.29, 1.82) is 0 Å². The van der Waals surface area contributed by atoms with E-state index in [4.69, 9.17) is 14.8 Å². The molecule has 6 nitrogen and oxygen atoms in total. The summed E-state index contributed by atoms with van der Waals surface area (Å²) in [6.45, 7) is 10.9.